The highest BCUT2D eigenvalue weighted by Crippen LogP contribution is 2.34. The molecule has 0 amide bonds. The molecule has 1 atom stereocenters. The lowest BCUT2D eigenvalue weighted by Crippen LogP contribution is -2.48. The molecule has 0 N–H and O–H groups in total. The summed E-state index contributed by atoms with van der Waals surface area (Å²) < 4.78 is 12.9. The van der Waals surface area contributed by atoms with E-state index in [1.807, 2.05) is 28.9 Å². The standard InChI is InChI=1S/C25H31ClN6O2/c1-17(2)12-22(31-10-8-30(9-11-31)21-14-20(26)6-4-18(21)3)25-27-28-29-32(25)15-19-5-7-23-24(13-19)34-16-33-23/h4-7,13-14,17,22H,8-12,15-16H2,1-3H3. The van der Waals surface area contributed by atoms with Gasteiger partial charge in [-0.05, 0) is 65.1 Å². The average Bonchev–Trinajstić information content (AvgIpc) is 3.48. The van der Waals surface area contributed by atoms with E-state index < -0.39 is 0 Å². The largest absolute Gasteiger partial charge is 0.454 e. The van der Waals surface area contributed by atoms with Crippen LogP contribution >= 0.6 is 11.6 Å². The van der Waals surface area contributed by atoms with Gasteiger partial charge in [0.05, 0.1) is 12.6 Å². The normalized spacial score (nSPS) is 16.9. The van der Waals surface area contributed by atoms with Crippen LogP contribution < -0.4 is 14.4 Å². The molecule has 1 fully saturated rings. The summed E-state index contributed by atoms with van der Waals surface area (Å²) >= 11 is 6.28. The summed E-state index contributed by atoms with van der Waals surface area (Å²) in [5, 5.41) is 13.7. The van der Waals surface area contributed by atoms with Crippen LogP contribution in [0.3, 0.4) is 0 Å². The number of benzene rings is 2. The number of ether oxygens (including phenoxy) is 2. The number of piperazine rings is 1. The van der Waals surface area contributed by atoms with Crippen molar-refractivity contribution >= 4 is 17.3 Å². The van der Waals surface area contributed by atoms with Gasteiger partial charge in [0.2, 0.25) is 6.79 Å². The predicted molar refractivity (Wildman–Crippen MR) is 132 cm³/mol. The monoisotopic (exact) mass is 482 g/mol. The SMILES string of the molecule is Cc1ccc(Cl)cc1N1CCN(C(CC(C)C)c2nnnn2Cc2ccc3c(c2)OCO3)CC1. The van der Waals surface area contributed by atoms with E-state index in [4.69, 9.17) is 21.1 Å². The van der Waals surface area contributed by atoms with Crippen LogP contribution in [-0.4, -0.2) is 58.1 Å². The Morgan fingerprint density at radius 1 is 1.00 bits per heavy atom. The van der Waals surface area contributed by atoms with Gasteiger partial charge in [-0.2, -0.15) is 0 Å². The second-order valence-corrected chi connectivity index (χ2v) is 9.92. The Balaban J connectivity index is 1.33. The fourth-order valence-electron chi connectivity index (χ4n) is 4.84. The zero-order valence-corrected chi connectivity index (χ0v) is 20.7. The van der Waals surface area contributed by atoms with Crippen LogP contribution in [0.15, 0.2) is 36.4 Å². The molecule has 9 heteroatoms. The minimum Gasteiger partial charge on any atom is -0.454 e. The van der Waals surface area contributed by atoms with Crippen LogP contribution in [0.1, 0.15) is 43.3 Å². The third-order valence-electron chi connectivity index (χ3n) is 6.59. The van der Waals surface area contributed by atoms with Gasteiger partial charge in [-0.1, -0.05) is 37.6 Å². The van der Waals surface area contributed by atoms with Crippen molar-refractivity contribution < 1.29 is 9.47 Å². The summed E-state index contributed by atoms with van der Waals surface area (Å²) in [6.45, 7) is 11.3. The van der Waals surface area contributed by atoms with E-state index in [2.05, 4.69) is 58.2 Å². The first kappa shape index (κ1) is 22.9. The minimum absolute atomic E-state index is 0.159. The minimum atomic E-state index is 0.159. The van der Waals surface area contributed by atoms with Gasteiger partial charge < -0.3 is 14.4 Å². The highest BCUT2D eigenvalue weighted by Gasteiger charge is 2.30. The molecule has 3 heterocycles. The summed E-state index contributed by atoms with van der Waals surface area (Å²) in [4.78, 5) is 4.96. The molecule has 34 heavy (non-hydrogen) atoms. The van der Waals surface area contributed by atoms with E-state index in [0.29, 0.717) is 12.5 Å². The van der Waals surface area contributed by atoms with Gasteiger partial charge in [0, 0.05) is 36.9 Å². The number of tetrazole rings is 1. The maximum Gasteiger partial charge on any atom is 0.231 e. The number of fused-ring (bicyclic) bond motifs is 1. The molecule has 0 bridgehead atoms. The number of nitrogens with zero attached hydrogens (tertiary/aromatic N) is 6. The van der Waals surface area contributed by atoms with Gasteiger partial charge >= 0.3 is 0 Å². The van der Waals surface area contributed by atoms with Crippen LogP contribution in [0.2, 0.25) is 5.02 Å². The van der Waals surface area contributed by atoms with E-state index >= 15 is 0 Å². The van der Waals surface area contributed by atoms with Crippen molar-refractivity contribution in [2.24, 2.45) is 5.92 Å². The first-order valence-electron chi connectivity index (χ1n) is 11.9. The number of hydrogen-bond acceptors (Lipinski definition) is 7. The Labute approximate surface area is 205 Å². The Kier molecular flexibility index (Phi) is 6.61. The Bertz CT molecular complexity index is 1140. The highest BCUT2D eigenvalue weighted by molar-refractivity contribution is 6.30. The summed E-state index contributed by atoms with van der Waals surface area (Å²) in [5.41, 5.74) is 3.56. The zero-order valence-electron chi connectivity index (χ0n) is 19.9. The average molecular weight is 483 g/mol. The smallest absolute Gasteiger partial charge is 0.231 e. The van der Waals surface area contributed by atoms with Crippen molar-refractivity contribution in [2.45, 2.75) is 39.8 Å². The molecule has 3 aromatic rings. The Hall–Kier alpha value is -2.84. The maximum atomic E-state index is 6.28. The lowest BCUT2D eigenvalue weighted by Gasteiger charge is -2.40. The summed E-state index contributed by atoms with van der Waals surface area (Å²) in [6.07, 6.45) is 0.998. The number of anilines is 1. The van der Waals surface area contributed by atoms with Gasteiger partial charge in [0.1, 0.15) is 0 Å². The molecule has 0 saturated carbocycles. The second kappa shape index (κ2) is 9.80. The third-order valence-corrected chi connectivity index (χ3v) is 6.82. The lowest BCUT2D eigenvalue weighted by atomic mass is 10.0. The quantitative estimate of drug-likeness (QED) is 0.496. The number of aryl methyl sites for hydroxylation is 1. The third kappa shape index (κ3) is 4.83. The number of hydrogen-bond donors (Lipinski definition) is 0. The Morgan fingerprint density at radius 3 is 2.59 bits per heavy atom. The molecule has 0 spiro atoms. The van der Waals surface area contributed by atoms with Crippen molar-refractivity contribution in [3.8, 4) is 11.5 Å². The van der Waals surface area contributed by atoms with Crippen molar-refractivity contribution in [2.75, 3.05) is 37.9 Å². The molecular weight excluding hydrogens is 452 g/mol. The Morgan fingerprint density at radius 2 is 1.79 bits per heavy atom. The van der Waals surface area contributed by atoms with E-state index in [0.717, 1.165) is 60.5 Å². The van der Waals surface area contributed by atoms with Crippen LogP contribution in [0.4, 0.5) is 5.69 Å². The van der Waals surface area contributed by atoms with Gasteiger partial charge in [-0.15, -0.1) is 5.10 Å². The topological polar surface area (TPSA) is 68.5 Å². The number of aromatic nitrogens is 4. The molecule has 0 aliphatic carbocycles. The van der Waals surface area contributed by atoms with Gasteiger partial charge in [-0.25, -0.2) is 4.68 Å². The van der Waals surface area contributed by atoms with E-state index in [1.54, 1.807) is 0 Å². The lowest BCUT2D eigenvalue weighted by molar-refractivity contribution is 0.153. The molecule has 1 saturated heterocycles. The molecule has 1 aromatic heterocycles. The fourth-order valence-corrected chi connectivity index (χ4v) is 5.00. The molecular formula is C25H31ClN6O2. The van der Waals surface area contributed by atoms with E-state index in [1.165, 1.54) is 11.3 Å². The second-order valence-electron chi connectivity index (χ2n) is 9.48. The van der Waals surface area contributed by atoms with Gasteiger partial charge in [0.25, 0.3) is 0 Å². The molecule has 5 rings (SSSR count). The van der Waals surface area contributed by atoms with Crippen LogP contribution in [-0.2, 0) is 6.54 Å². The van der Waals surface area contributed by atoms with Crippen molar-refractivity contribution in [3.05, 3.63) is 58.4 Å². The fraction of sp³-hybridized carbons (Fsp3) is 0.480. The van der Waals surface area contributed by atoms with E-state index in [-0.39, 0.29) is 12.8 Å². The molecule has 8 nitrogen and oxygen atoms in total. The van der Waals surface area contributed by atoms with Crippen LogP contribution in [0.25, 0.3) is 0 Å². The van der Waals surface area contributed by atoms with Gasteiger partial charge in [0.15, 0.2) is 17.3 Å². The summed E-state index contributed by atoms with van der Waals surface area (Å²) in [5.74, 6) is 3.00. The van der Waals surface area contributed by atoms with Crippen molar-refractivity contribution in [3.63, 3.8) is 0 Å². The molecule has 2 aromatic carbocycles. The van der Waals surface area contributed by atoms with Crippen LogP contribution in [0, 0.1) is 12.8 Å². The molecule has 2 aliphatic heterocycles. The highest BCUT2D eigenvalue weighted by atomic mass is 35.5. The maximum absolute atomic E-state index is 6.28. The predicted octanol–water partition coefficient (Wildman–Crippen LogP) is 4.32. The molecule has 1 unspecified atom stereocenters. The van der Waals surface area contributed by atoms with Gasteiger partial charge in [-0.3, -0.25) is 4.90 Å². The summed E-state index contributed by atoms with van der Waals surface area (Å²) in [7, 11) is 0. The molecule has 0 radical (unpaired) electrons. The molecule has 2 aliphatic rings. The number of halogens is 1. The van der Waals surface area contributed by atoms with Crippen molar-refractivity contribution in [1.82, 2.24) is 25.1 Å². The first-order chi connectivity index (χ1) is 16.5. The first-order valence-corrected chi connectivity index (χ1v) is 12.3. The number of rotatable bonds is 7. The zero-order chi connectivity index (χ0) is 23.7. The van der Waals surface area contributed by atoms with Crippen LogP contribution in [0.5, 0.6) is 11.5 Å². The van der Waals surface area contributed by atoms with Crippen molar-refractivity contribution in [1.29, 1.82) is 0 Å². The summed E-state index contributed by atoms with van der Waals surface area (Å²) in [6, 6.07) is 12.3. The van der Waals surface area contributed by atoms with E-state index in [9.17, 15) is 0 Å². The molecule has 180 valence electrons.